The molecule has 0 atom stereocenters. The van der Waals surface area contributed by atoms with Gasteiger partial charge < -0.3 is 9.64 Å². The minimum Gasteiger partial charge on any atom is -0.378 e. The van der Waals surface area contributed by atoms with Gasteiger partial charge in [0.05, 0.1) is 13.2 Å². The van der Waals surface area contributed by atoms with E-state index in [4.69, 9.17) is 4.74 Å². The molecule has 0 bridgehead atoms. The Labute approximate surface area is 142 Å². The summed E-state index contributed by atoms with van der Waals surface area (Å²) in [5, 5.41) is 0. The van der Waals surface area contributed by atoms with Crippen molar-refractivity contribution in [3.63, 3.8) is 0 Å². The summed E-state index contributed by atoms with van der Waals surface area (Å²) < 4.78 is 5.37. The Hall–Kier alpha value is -0.570. The van der Waals surface area contributed by atoms with Crippen molar-refractivity contribution in [2.24, 2.45) is 23.7 Å². The average Bonchev–Trinajstić information content (AvgIpc) is 2.63. The average molecular weight is 322 g/mol. The first kappa shape index (κ1) is 17.3. The minimum absolute atomic E-state index is 0.306. The molecule has 0 radical (unpaired) electrons. The van der Waals surface area contributed by atoms with Crippen LogP contribution in [0.1, 0.15) is 71.1 Å². The largest absolute Gasteiger partial charge is 0.378 e. The van der Waals surface area contributed by atoms with Crippen LogP contribution in [0, 0.1) is 23.7 Å². The maximum atomic E-state index is 12.6. The summed E-state index contributed by atoms with van der Waals surface area (Å²) >= 11 is 0. The summed E-state index contributed by atoms with van der Waals surface area (Å²) in [7, 11) is 0. The van der Waals surface area contributed by atoms with Crippen LogP contribution in [0.4, 0.5) is 0 Å². The molecular weight excluding hydrogens is 286 g/mol. The van der Waals surface area contributed by atoms with E-state index in [2.05, 4.69) is 6.92 Å². The lowest BCUT2D eigenvalue weighted by atomic mass is 9.68. The van der Waals surface area contributed by atoms with Crippen molar-refractivity contribution in [2.45, 2.75) is 71.1 Å². The van der Waals surface area contributed by atoms with E-state index in [-0.39, 0.29) is 0 Å². The topological polar surface area (TPSA) is 29.5 Å². The monoisotopic (exact) mass is 321 g/mol. The van der Waals surface area contributed by atoms with Crippen molar-refractivity contribution < 1.29 is 9.53 Å². The van der Waals surface area contributed by atoms with Crippen LogP contribution >= 0.6 is 0 Å². The van der Waals surface area contributed by atoms with Crippen molar-refractivity contribution in [3.05, 3.63) is 0 Å². The van der Waals surface area contributed by atoms with E-state index < -0.39 is 0 Å². The van der Waals surface area contributed by atoms with Crippen molar-refractivity contribution in [3.8, 4) is 0 Å². The smallest absolute Gasteiger partial charge is 0.225 e. The molecule has 0 aromatic carbocycles. The summed E-state index contributed by atoms with van der Waals surface area (Å²) in [6, 6.07) is 0. The van der Waals surface area contributed by atoms with Crippen LogP contribution in [0.15, 0.2) is 0 Å². The highest BCUT2D eigenvalue weighted by Crippen LogP contribution is 2.42. The lowest BCUT2D eigenvalue weighted by Crippen LogP contribution is -2.44. The lowest BCUT2D eigenvalue weighted by Gasteiger charge is -2.39. The first-order chi connectivity index (χ1) is 11.3. The zero-order valence-corrected chi connectivity index (χ0v) is 15.0. The van der Waals surface area contributed by atoms with Gasteiger partial charge in [-0.2, -0.15) is 0 Å². The molecule has 3 aliphatic rings. The van der Waals surface area contributed by atoms with Crippen LogP contribution < -0.4 is 0 Å². The van der Waals surface area contributed by atoms with Crippen molar-refractivity contribution >= 4 is 5.91 Å². The highest BCUT2D eigenvalue weighted by atomic mass is 16.5. The molecule has 0 aromatic heterocycles. The van der Waals surface area contributed by atoms with Gasteiger partial charge in [-0.1, -0.05) is 32.6 Å². The molecule has 2 aliphatic carbocycles. The van der Waals surface area contributed by atoms with Gasteiger partial charge in [-0.3, -0.25) is 4.79 Å². The van der Waals surface area contributed by atoms with Gasteiger partial charge in [0.2, 0.25) is 5.91 Å². The second-order valence-electron chi connectivity index (χ2n) is 8.12. The Bertz CT molecular complexity index is 362. The van der Waals surface area contributed by atoms with Crippen LogP contribution in [0.3, 0.4) is 0 Å². The summed E-state index contributed by atoms with van der Waals surface area (Å²) in [4.78, 5) is 14.7. The molecule has 2 saturated carbocycles. The second kappa shape index (κ2) is 8.50. The van der Waals surface area contributed by atoms with Gasteiger partial charge in [-0.15, -0.1) is 0 Å². The minimum atomic E-state index is 0.306. The highest BCUT2D eigenvalue weighted by molar-refractivity contribution is 5.79. The SMILES string of the molecule is CCCC1CCC(C2CCC(C(=O)N3CCOCC3)CC2)CC1. The van der Waals surface area contributed by atoms with Gasteiger partial charge in [-0.25, -0.2) is 0 Å². The van der Waals surface area contributed by atoms with E-state index in [9.17, 15) is 4.79 Å². The normalized spacial score (nSPS) is 36.0. The Kier molecular flexibility index (Phi) is 6.38. The molecule has 1 saturated heterocycles. The number of carbonyl (C=O) groups is 1. The standard InChI is InChI=1S/C20H35NO2/c1-2-3-16-4-6-17(7-5-16)18-8-10-19(11-9-18)20(22)21-12-14-23-15-13-21/h16-19H,2-15H2,1H3. The van der Waals surface area contributed by atoms with Crippen molar-refractivity contribution in [1.82, 2.24) is 4.90 Å². The third kappa shape index (κ3) is 4.49. The van der Waals surface area contributed by atoms with E-state index in [1.165, 1.54) is 51.4 Å². The van der Waals surface area contributed by atoms with Crippen LogP contribution in [0.5, 0.6) is 0 Å². The lowest BCUT2D eigenvalue weighted by molar-refractivity contribution is -0.141. The molecule has 132 valence electrons. The van der Waals surface area contributed by atoms with Crippen LogP contribution in [0.2, 0.25) is 0 Å². The molecule has 1 amide bonds. The molecule has 3 fully saturated rings. The zero-order chi connectivity index (χ0) is 16.1. The van der Waals surface area contributed by atoms with Crippen molar-refractivity contribution in [1.29, 1.82) is 0 Å². The summed E-state index contributed by atoms with van der Waals surface area (Å²) in [6.45, 7) is 5.38. The second-order valence-corrected chi connectivity index (χ2v) is 8.12. The maximum Gasteiger partial charge on any atom is 0.225 e. The third-order valence-electron chi connectivity index (χ3n) is 6.70. The summed E-state index contributed by atoms with van der Waals surface area (Å²) in [6.07, 6.45) is 13.5. The molecule has 0 spiro atoms. The number of hydrogen-bond donors (Lipinski definition) is 0. The fourth-order valence-electron chi connectivity index (χ4n) is 5.24. The number of ether oxygens (including phenoxy) is 1. The molecule has 1 heterocycles. The van der Waals surface area contributed by atoms with E-state index in [0.29, 0.717) is 11.8 Å². The van der Waals surface area contributed by atoms with Gasteiger partial charge in [0, 0.05) is 19.0 Å². The number of nitrogens with zero attached hydrogens (tertiary/aromatic N) is 1. The van der Waals surface area contributed by atoms with Gasteiger partial charge in [-0.05, 0) is 56.3 Å². The Morgan fingerprint density at radius 1 is 0.913 bits per heavy atom. The number of rotatable bonds is 4. The summed E-state index contributed by atoms with van der Waals surface area (Å²) in [5.74, 6) is 3.60. The molecule has 3 heteroatoms. The number of amides is 1. The Balaban J connectivity index is 1.41. The van der Waals surface area contributed by atoms with E-state index in [0.717, 1.165) is 56.9 Å². The quantitative estimate of drug-likeness (QED) is 0.774. The fraction of sp³-hybridized carbons (Fsp3) is 0.950. The first-order valence-corrected chi connectivity index (χ1v) is 10.1. The van der Waals surface area contributed by atoms with Gasteiger partial charge in [0.25, 0.3) is 0 Å². The molecule has 0 unspecified atom stereocenters. The van der Waals surface area contributed by atoms with Crippen LogP contribution in [-0.4, -0.2) is 37.1 Å². The molecule has 3 rings (SSSR count). The van der Waals surface area contributed by atoms with E-state index in [1.54, 1.807) is 0 Å². The van der Waals surface area contributed by atoms with Gasteiger partial charge in [0.1, 0.15) is 0 Å². The number of carbonyl (C=O) groups excluding carboxylic acids is 1. The first-order valence-electron chi connectivity index (χ1n) is 10.1. The maximum absolute atomic E-state index is 12.6. The molecule has 3 nitrogen and oxygen atoms in total. The molecule has 0 aromatic rings. The molecule has 23 heavy (non-hydrogen) atoms. The predicted octanol–water partition coefficient (Wildman–Crippen LogP) is 4.26. The summed E-state index contributed by atoms with van der Waals surface area (Å²) in [5.41, 5.74) is 0. The van der Waals surface area contributed by atoms with Gasteiger partial charge in [0.15, 0.2) is 0 Å². The van der Waals surface area contributed by atoms with Crippen LogP contribution in [0.25, 0.3) is 0 Å². The predicted molar refractivity (Wildman–Crippen MR) is 93.2 cm³/mol. The molecular formula is C20H35NO2. The number of morpholine rings is 1. The zero-order valence-electron chi connectivity index (χ0n) is 15.0. The number of hydrogen-bond acceptors (Lipinski definition) is 2. The van der Waals surface area contributed by atoms with E-state index >= 15 is 0 Å². The Morgan fingerprint density at radius 2 is 1.48 bits per heavy atom. The van der Waals surface area contributed by atoms with Crippen molar-refractivity contribution in [2.75, 3.05) is 26.3 Å². The van der Waals surface area contributed by atoms with Gasteiger partial charge >= 0.3 is 0 Å². The highest BCUT2D eigenvalue weighted by Gasteiger charge is 2.34. The van der Waals surface area contributed by atoms with E-state index in [1.807, 2.05) is 4.90 Å². The Morgan fingerprint density at radius 3 is 2.04 bits per heavy atom. The molecule has 1 aliphatic heterocycles. The third-order valence-corrected chi connectivity index (χ3v) is 6.70. The fourth-order valence-corrected chi connectivity index (χ4v) is 5.24. The van der Waals surface area contributed by atoms with Crippen LogP contribution in [-0.2, 0) is 9.53 Å². The molecule has 0 N–H and O–H groups in total.